The lowest BCUT2D eigenvalue weighted by Crippen LogP contribution is -2.52. The standard InChI is InChI=1S/C31H36Cl2N2O3/c1-4-23(3)34-31(37)29(20-24-10-6-5-7-11-24)35(21-26-27(32)12-8-13-28(26)33)30(36)14-9-19-38-25-17-15-22(2)16-18-25/h5-8,10-13,15-18,23,29H,4,9,14,19-21H2,1-3H3,(H,34,37)/t23-,29-/m0/s1. The molecule has 38 heavy (non-hydrogen) atoms. The van der Waals surface area contributed by atoms with Gasteiger partial charge < -0.3 is 15.0 Å². The summed E-state index contributed by atoms with van der Waals surface area (Å²) in [5, 5.41) is 3.98. The van der Waals surface area contributed by atoms with Gasteiger partial charge in [0, 0.05) is 41.0 Å². The maximum Gasteiger partial charge on any atom is 0.243 e. The van der Waals surface area contributed by atoms with Crippen LogP contribution in [0.15, 0.2) is 72.8 Å². The Kier molecular flexibility index (Phi) is 11.5. The second kappa shape index (κ2) is 14.8. The summed E-state index contributed by atoms with van der Waals surface area (Å²) in [6.45, 7) is 6.50. The van der Waals surface area contributed by atoms with E-state index in [9.17, 15) is 9.59 Å². The van der Waals surface area contributed by atoms with Crippen LogP contribution in [0.2, 0.25) is 10.0 Å². The molecule has 5 nitrogen and oxygen atoms in total. The third-order valence-corrected chi connectivity index (χ3v) is 7.20. The molecule has 2 amide bonds. The lowest BCUT2D eigenvalue weighted by atomic mass is 10.0. The van der Waals surface area contributed by atoms with E-state index in [1.807, 2.05) is 75.4 Å². The van der Waals surface area contributed by atoms with Crippen molar-refractivity contribution < 1.29 is 14.3 Å². The number of carbonyl (C=O) groups is 2. The van der Waals surface area contributed by atoms with Gasteiger partial charge in [0.2, 0.25) is 11.8 Å². The number of carbonyl (C=O) groups excluding carboxylic acids is 2. The van der Waals surface area contributed by atoms with Crippen LogP contribution in [-0.2, 0) is 22.6 Å². The Bertz CT molecular complexity index is 1170. The molecule has 0 heterocycles. The van der Waals surface area contributed by atoms with Crippen LogP contribution < -0.4 is 10.1 Å². The fraction of sp³-hybridized carbons (Fsp3) is 0.355. The molecule has 0 saturated heterocycles. The van der Waals surface area contributed by atoms with Crippen molar-refractivity contribution in [1.29, 1.82) is 0 Å². The topological polar surface area (TPSA) is 58.6 Å². The van der Waals surface area contributed by atoms with Crippen LogP contribution in [0.4, 0.5) is 0 Å². The largest absolute Gasteiger partial charge is 0.494 e. The molecule has 0 aromatic heterocycles. The van der Waals surface area contributed by atoms with Crippen LogP contribution >= 0.6 is 23.2 Å². The number of ether oxygens (including phenoxy) is 1. The van der Waals surface area contributed by atoms with Gasteiger partial charge in [-0.1, -0.05) is 84.2 Å². The maximum absolute atomic E-state index is 13.7. The third-order valence-electron chi connectivity index (χ3n) is 6.49. The van der Waals surface area contributed by atoms with Crippen molar-refractivity contribution in [3.05, 3.63) is 99.5 Å². The molecule has 0 spiro atoms. The zero-order valence-corrected chi connectivity index (χ0v) is 23.8. The minimum Gasteiger partial charge on any atom is -0.494 e. The summed E-state index contributed by atoms with van der Waals surface area (Å²) in [5.41, 5.74) is 2.73. The van der Waals surface area contributed by atoms with Gasteiger partial charge in [0.05, 0.1) is 6.61 Å². The van der Waals surface area contributed by atoms with Crippen molar-refractivity contribution in [3.8, 4) is 5.75 Å². The summed E-state index contributed by atoms with van der Waals surface area (Å²) in [5.74, 6) is 0.405. The number of benzene rings is 3. The zero-order valence-electron chi connectivity index (χ0n) is 22.3. The first-order valence-electron chi connectivity index (χ1n) is 13.0. The summed E-state index contributed by atoms with van der Waals surface area (Å²) >= 11 is 13.0. The summed E-state index contributed by atoms with van der Waals surface area (Å²) in [6, 6.07) is 22.0. The Hall–Kier alpha value is -3.02. The highest BCUT2D eigenvalue weighted by Gasteiger charge is 2.31. The van der Waals surface area contributed by atoms with Crippen molar-refractivity contribution in [2.75, 3.05) is 6.61 Å². The van der Waals surface area contributed by atoms with Gasteiger partial charge in [0.1, 0.15) is 11.8 Å². The minimum absolute atomic E-state index is 0.0236. The van der Waals surface area contributed by atoms with Crippen LogP contribution in [0.5, 0.6) is 5.75 Å². The molecule has 3 rings (SSSR count). The second-order valence-electron chi connectivity index (χ2n) is 9.51. The van der Waals surface area contributed by atoms with Crippen LogP contribution in [0.25, 0.3) is 0 Å². The molecule has 202 valence electrons. The molecule has 0 aliphatic heterocycles. The van der Waals surface area contributed by atoms with E-state index in [1.54, 1.807) is 23.1 Å². The molecule has 3 aromatic carbocycles. The lowest BCUT2D eigenvalue weighted by molar-refractivity contribution is -0.141. The molecule has 0 saturated carbocycles. The highest BCUT2D eigenvalue weighted by atomic mass is 35.5. The van der Waals surface area contributed by atoms with Crippen molar-refractivity contribution >= 4 is 35.0 Å². The first kappa shape index (κ1) is 29.5. The van der Waals surface area contributed by atoms with Crippen LogP contribution in [-0.4, -0.2) is 35.4 Å². The molecule has 0 fully saturated rings. The lowest BCUT2D eigenvalue weighted by Gasteiger charge is -2.33. The van der Waals surface area contributed by atoms with Gasteiger partial charge in [-0.25, -0.2) is 0 Å². The normalized spacial score (nSPS) is 12.4. The highest BCUT2D eigenvalue weighted by molar-refractivity contribution is 6.36. The van der Waals surface area contributed by atoms with Crippen LogP contribution in [0, 0.1) is 6.92 Å². The predicted octanol–water partition coefficient (Wildman–Crippen LogP) is 7.02. The van der Waals surface area contributed by atoms with Crippen molar-refractivity contribution in [3.63, 3.8) is 0 Å². The Labute approximate surface area is 236 Å². The molecular formula is C31H36Cl2N2O3. The molecule has 2 atom stereocenters. The molecule has 7 heteroatoms. The van der Waals surface area contributed by atoms with E-state index in [-0.39, 0.29) is 30.8 Å². The number of nitrogens with one attached hydrogen (secondary N) is 1. The van der Waals surface area contributed by atoms with Gasteiger partial charge in [0.25, 0.3) is 0 Å². The molecule has 1 N–H and O–H groups in total. The molecule has 0 radical (unpaired) electrons. The van der Waals surface area contributed by atoms with Gasteiger partial charge in [-0.2, -0.15) is 0 Å². The monoisotopic (exact) mass is 554 g/mol. The number of halogens is 2. The second-order valence-corrected chi connectivity index (χ2v) is 10.3. The van der Waals surface area contributed by atoms with Gasteiger partial charge >= 0.3 is 0 Å². The number of amides is 2. The summed E-state index contributed by atoms with van der Waals surface area (Å²) in [7, 11) is 0. The van der Waals surface area contributed by atoms with Crippen molar-refractivity contribution in [2.45, 2.75) is 65.1 Å². The summed E-state index contributed by atoms with van der Waals surface area (Å²) in [6.07, 6.45) is 1.88. The Morgan fingerprint density at radius 1 is 0.947 bits per heavy atom. The smallest absolute Gasteiger partial charge is 0.243 e. The summed E-state index contributed by atoms with van der Waals surface area (Å²) < 4.78 is 5.83. The minimum atomic E-state index is -0.732. The van der Waals surface area contributed by atoms with Gasteiger partial charge in [-0.15, -0.1) is 0 Å². The molecule has 0 unspecified atom stereocenters. The number of hydrogen-bond acceptors (Lipinski definition) is 3. The van der Waals surface area contributed by atoms with E-state index in [0.29, 0.717) is 35.1 Å². The average molecular weight is 556 g/mol. The van der Waals surface area contributed by atoms with E-state index in [1.165, 1.54) is 0 Å². The third kappa shape index (κ3) is 8.78. The molecule has 0 bridgehead atoms. The van der Waals surface area contributed by atoms with Crippen LogP contribution in [0.3, 0.4) is 0 Å². The Morgan fingerprint density at radius 2 is 1.61 bits per heavy atom. The SMILES string of the molecule is CC[C@H](C)NC(=O)[C@H](Cc1ccccc1)N(Cc1c(Cl)cccc1Cl)C(=O)CCCOc1ccc(C)cc1. The first-order chi connectivity index (χ1) is 18.3. The molecular weight excluding hydrogens is 519 g/mol. The fourth-order valence-electron chi connectivity index (χ4n) is 4.04. The van der Waals surface area contributed by atoms with E-state index < -0.39 is 6.04 Å². The van der Waals surface area contributed by atoms with E-state index in [0.717, 1.165) is 23.3 Å². The van der Waals surface area contributed by atoms with Gasteiger partial charge in [-0.05, 0) is 56.5 Å². The first-order valence-corrected chi connectivity index (χ1v) is 13.8. The number of aryl methyl sites for hydroxylation is 1. The van der Waals surface area contributed by atoms with Gasteiger partial charge in [-0.3, -0.25) is 9.59 Å². The van der Waals surface area contributed by atoms with E-state index >= 15 is 0 Å². The zero-order chi connectivity index (χ0) is 27.5. The number of hydrogen-bond donors (Lipinski definition) is 1. The fourth-order valence-corrected chi connectivity index (χ4v) is 4.56. The number of nitrogens with zero attached hydrogens (tertiary/aromatic N) is 1. The molecule has 0 aliphatic carbocycles. The quantitative estimate of drug-likeness (QED) is 0.231. The Balaban J connectivity index is 1.84. The average Bonchev–Trinajstić information content (AvgIpc) is 2.91. The van der Waals surface area contributed by atoms with Crippen molar-refractivity contribution in [1.82, 2.24) is 10.2 Å². The molecule has 0 aliphatic rings. The molecule has 3 aromatic rings. The maximum atomic E-state index is 13.7. The highest BCUT2D eigenvalue weighted by Crippen LogP contribution is 2.27. The van der Waals surface area contributed by atoms with Gasteiger partial charge in [0.15, 0.2) is 0 Å². The van der Waals surface area contributed by atoms with Crippen molar-refractivity contribution in [2.24, 2.45) is 0 Å². The van der Waals surface area contributed by atoms with E-state index in [4.69, 9.17) is 27.9 Å². The van der Waals surface area contributed by atoms with E-state index in [2.05, 4.69) is 5.32 Å². The Morgan fingerprint density at radius 3 is 2.24 bits per heavy atom. The number of rotatable bonds is 13. The summed E-state index contributed by atoms with van der Waals surface area (Å²) in [4.78, 5) is 28.9. The van der Waals surface area contributed by atoms with Crippen LogP contribution in [0.1, 0.15) is 49.8 Å². The predicted molar refractivity (Wildman–Crippen MR) is 155 cm³/mol.